The zero-order valence-corrected chi connectivity index (χ0v) is 8.60. The fraction of sp³-hybridized carbons (Fsp3) is 0.500. The highest BCUT2D eigenvalue weighted by Crippen LogP contribution is 1.82. The number of aliphatic carboxylic acids is 3. The van der Waals surface area contributed by atoms with Crippen LogP contribution < -0.4 is 18.5 Å². The fourth-order valence-corrected chi connectivity index (χ4v) is 0.214. The molecule has 0 aromatic carbocycles. The predicted molar refractivity (Wildman–Crippen MR) is 52.9 cm³/mol. The molecular formula is C6H19N3O6. The number of hydrogen-bond donors (Lipinski definition) is 6. The molecule has 12 N–H and O–H groups in total. The fourth-order valence-electron chi connectivity index (χ4n) is 0.214. The van der Waals surface area contributed by atoms with Crippen LogP contribution in [0.4, 0.5) is 0 Å². The van der Waals surface area contributed by atoms with Crippen molar-refractivity contribution in [1.82, 2.24) is 18.5 Å². The molecule has 0 heterocycles. The first-order chi connectivity index (χ1) is 5.41. The molecule has 0 radical (unpaired) electrons. The van der Waals surface area contributed by atoms with Gasteiger partial charge >= 0.3 is 17.9 Å². The van der Waals surface area contributed by atoms with Crippen molar-refractivity contribution < 1.29 is 29.7 Å². The molecule has 0 aromatic rings. The summed E-state index contributed by atoms with van der Waals surface area (Å²) in [6.45, 7) is 1.84. The van der Waals surface area contributed by atoms with E-state index in [-0.39, 0.29) is 18.5 Å². The van der Waals surface area contributed by atoms with Crippen LogP contribution in [0.5, 0.6) is 0 Å². The van der Waals surface area contributed by atoms with Gasteiger partial charge in [0.15, 0.2) is 0 Å². The molecule has 0 amide bonds. The zero-order chi connectivity index (χ0) is 10.1. The van der Waals surface area contributed by atoms with Gasteiger partial charge in [-0.15, -0.1) is 0 Å². The van der Waals surface area contributed by atoms with Crippen molar-refractivity contribution in [2.75, 3.05) is 0 Å². The summed E-state index contributed by atoms with van der Waals surface area (Å²) in [6, 6.07) is 0. The molecule has 15 heavy (non-hydrogen) atoms. The van der Waals surface area contributed by atoms with E-state index in [9.17, 15) is 4.79 Å². The Morgan fingerprint density at radius 3 is 1.13 bits per heavy atom. The topological polar surface area (TPSA) is 217 Å². The van der Waals surface area contributed by atoms with Gasteiger partial charge in [0.1, 0.15) is 0 Å². The number of carboxylic acid groups (broad SMARTS) is 3. The third-order valence-electron chi connectivity index (χ3n) is 0.647. The lowest BCUT2D eigenvalue weighted by Crippen LogP contribution is -2.09. The van der Waals surface area contributed by atoms with E-state index in [4.69, 9.17) is 24.9 Å². The average molecular weight is 229 g/mol. The first-order valence-electron chi connectivity index (χ1n) is 3.09. The van der Waals surface area contributed by atoms with Crippen molar-refractivity contribution in [2.24, 2.45) is 0 Å². The van der Waals surface area contributed by atoms with Gasteiger partial charge in [0.2, 0.25) is 0 Å². The Hall–Kier alpha value is -1.71. The summed E-state index contributed by atoms with van der Waals surface area (Å²) in [5, 5.41) is 22.7. The lowest BCUT2D eigenvalue weighted by atomic mass is 10.4. The maximum atomic E-state index is 9.60. The van der Waals surface area contributed by atoms with Gasteiger partial charge < -0.3 is 33.8 Å². The molecule has 0 bridgehead atoms. The van der Waals surface area contributed by atoms with Gasteiger partial charge in [0, 0.05) is 6.42 Å². The molecule has 9 heteroatoms. The van der Waals surface area contributed by atoms with Crippen LogP contribution in [0.15, 0.2) is 0 Å². The van der Waals surface area contributed by atoms with Gasteiger partial charge in [-0.05, 0) is 6.42 Å². The van der Waals surface area contributed by atoms with Crippen LogP contribution in [-0.2, 0) is 14.4 Å². The average Bonchev–Trinajstić information content (AvgIpc) is 1.87. The lowest BCUT2D eigenvalue weighted by Gasteiger charge is -1.79. The maximum absolute atomic E-state index is 9.60. The van der Waals surface area contributed by atoms with Crippen molar-refractivity contribution in [3.63, 3.8) is 0 Å². The first kappa shape index (κ1) is 29.2. The van der Waals surface area contributed by atoms with Crippen molar-refractivity contribution in [3.8, 4) is 0 Å². The van der Waals surface area contributed by atoms with Crippen LogP contribution in [0, 0.1) is 0 Å². The molecule has 0 unspecified atom stereocenters. The Kier molecular flexibility index (Phi) is 35.3. The van der Waals surface area contributed by atoms with Gasteiger partial charge in [-0.25, -0.2) is 9.59 Å². The van der Waals surface area contributed by atoms with Gasteiger partial charge in [-0.2, -0.15) is 0 Å². The van der Waals surface area contributed by atoms with Gasteiger partial charge in [-0.1, -0.05) is 6.92 Å². The number of carbonyl (C=O) groups is 3. The summed E-state index contributed by atoms with van der Waals surface area (Å²) in [5.41, 5.74) is 0. The van der Waals surface area contributed by atoms with E-state index in [0.29, 0.717) is 6.42 Å². The standard InChI is InChI=1S/C4H8O2.C2H2O4.3H3N/c1-2-3-4(5)6;3-1(4)2(5)6;;;/h2-3H2,1H3,(H,5,6);(H,3,4)(H,5,6);3*1H3. The molecule has 0 rings (SSSR count). The zero-order valence-electron chi connectivity index (χ0n) is 8.60. The monoisotopic (exact) mass is 229 g/mol. The van der Waals surface area contributed by atoms with E-state index >= 15 is 0 Å². The normalized spacial score (nSPS) is 6.20. The Morgan fingerprint density at radius 2 is 1.13 bits per heavy atom. The molecule has 0 fully saturated rings. The minimum absolute atomic E-state index is 0. The third-order valence-corrected chi connectivity index (χ3v) is 0.647. The van der Waals surface area contributed by atoms with E-state index in [0.717, 1.165) is 6.42 Å². The number of carboxylic acids is 3. The lowest BCUT2D eigenvalue weighted by molar-refractivity contribution is -0.159. The quantitative estimate of drug-likeness (QED) is 0.362. The molecule has 0 aliphatic rings. The SMILES string of the molecule is CCCC(=O)O.N.N.N.O=C(O)C(=O)O. The summed E-state index contributed by atoms with van der Waals surface area (Å²) in [4.78, 5) is 27.8. The van der Waals surface area contributed by atoms with E-state index in [1.165, 1.54) is 0 Å². The van der Waals surface area contributed by atoms with Gasteiger partial charge in [0.25, 0.3) is 0 Å². The highest BCUT2D eigenvalue weighted by atomic mass is 16.4. The maximum Gasteiger partial charge on any atom is 0.414 e. The van der Waals surface area contributed by atoms with Gasteiger partial charge in [0.05, 0.1) is 0 Å². The molecule has 94 valence electrons. The summed E-state index contributed by atoms with van der Waals surface area (Å²) >= 11 is 0. The van der Waals surface area contributed by atoms with E-state index in [1.807, 2.05) is 6.92 Å². The van der Waals surface area contributed by atoms with Crippen LogP contribution in [0.3, 0.4) is 0 Å². The molecule has 0 aromatic heterocycles. The summed E-state index contributed by atoms with van der Waals surface area (Å²) in [6.07, 6.45) is 1.02. The summed E-state index contributed by atoms with van der Waals surface area (Å²) in [5.74, 6) is -4.36. The minimum Gasteiger partial charge on any atom is -0.481 e. The molecular weight excluding hydrogens is 210 g/mol. The van der Waals surface area contributed by atoms with E-state index in [1.54, 1.807) is 0 Å². The molecule has 0 atom stereocenters. The van der Waals surface area contributed by atoms with E-state index < -0.39 is 17.9 Å². The van der Waals surface area contributed by atoms with Crippen LogP contribution in [-0.4, -0.2) is 33.2 Å². The highest BCUT2D eigenvalue weighted by molar-refractivity contribution is 6.27. The molecule has 0 saturated carbocycles. The Morgan fingerprint density at radius 1 is 0.867 bits per heavy atom. The van der Waals surface area contributed by atoms with E-state index in [2.05, 4.69) is 0 Å². The second-order valence-electron chi connectivity index (χ2n) is 1.75. The van der Waals surface area contributed by atoms with Crippen LogP contribution in [0.1, 0.15) is 19.8 Å². The van der Waals surface area contributed by atoms with Crippen molar-refractivity contribution >= 4 is 17.9 Å². The van der Waals surface area contributed by atoms with Gasteiger partial charge in [-0.3, -0.25) is 4.79 Å². The predicted octanol–water partition coefficient (Wildman–Crippen LogP) is 0.513. The van der Waals surface area contributed by atoms with Crippen molar-refractivity contribution in [2.45, 2.75) is 19.8 Å². The third kappa shape index (κ3) is 46.5. The van der Waals surface area contributed by atoms with Crippen LogP contribution in [0.2, 0.25) is 0 Å². The Bertz CT molecular complexity index is 172. The molecule has 0 aliphatic heterocycles. The van der Waals surface area contributed by atoms with Crippen molar-refractivity contribution in [1.29, 1.82) is 0 Å². The second-order valence-corrected chi connectivity index (χ2v) is 1.75. The largest absolute Gasteiger partial charge is 0.481 e. The summed E-state index contributed by atoms with van der Waals surface area (Å²) in [7, 11) is 0. The molecule has 0 saturated heterocycles. The smallest absolute Gasteiger partial charge is 0.414 e. The molecule has 0 spiro atoms. The Balaban J connectivity index is -0.0000000370. The van der Waals surface area contributed by atoms with Crippen LogP contribution >= 0.6 is 0 Å². The first-order valence-corrected chi connectivity index (χ1v) is 3.09. The number of hydrogen-bond acceptors (Lipinski definition) is 6. The highest BCUT2D eigenvalue weighted by Gasteiger charge is 2.04. The molecule has 0 aliphatic carbocycles. The summed E-state index contributed by atoms with van der Waals surface area (Å²) < 4.78 is 0. The van der Waals surface area contributed by atoms with Crippen molar-refractivity contribution in [3.05, 3.63) is 0 Å². The minimum atomic E-state index is -1.82. The van der Waals surface area contributed by atoms with Crippen LogP contribution in [0.25, 0.3) is 0 Å². The second kappa shape index (κ2) is 18.2. The molecule has 9 nitrogen and oxygen atoms in total. The number of rotatable bonds is 2. The Labute approximate surface area is 86.8 Å².